The molecule has 1 aliphatic rings. The van der Waals surface area contributed by atoms with Gasteiger partial charge in [-0.05, 0) is 66.8 Å². The van der Waals surface area contributed by atoms with Gasteiger partial charge in [0.05, 0.1) is 6.26 Å². The van der Waals surface area contributed by atoms with E-state index in [-0.39, 0.29) is 29.3 Å². The van der Waals surface area contributed by atoms with Gasteiger partial charge in [0.1, 0.15) is 23.3 Å². The van der Waals surface area contributed by atoms with E-state index in [1.165, 1.54) is 47.0 Å². The van der Waals surface area contributed by atoms with Crippen LogP contribution in [0.2, 0.25) is 0 Å². The van der Waals surface area contributed by atoms with Crippen LogP contribution in [0.1, 0.15) is 49.3 Å². The quantitative estimate of drug-likeness (QED) is 0.295. The molecule has 3 aromatic carbocycles. The molecule has 4 atom stereocenters. The molecule has 0 aromatic heterocycles. The van der Waals surface area contributed by atoms with Crippen molar-refractivity contribution in [3.8, 4) is 0 Å². The highest BCUT2D eigenvalue weighted by Crippen LogP contribution is 2.35. The summed E-state index contributed by atoms with van der Waals surface area (Å²) in [6.45, 7) is 4.44. The van der Waals surface area contributed by atoms with Crippen LogP contribution in [0.4, 0.5) is 23.2 Å². The summed E-state index contributed by atoms with van der Waals surface area (Å²) < 4.78 is 83.8. The highest BCUT2D eigenvalue weighted by atomic mass is 32.2. The average molecular weight is 606 g/mol. The van der Waals surface area contributed by atoms with Crippen LogP contribution >= 0.6 is 0 Å². The van der Waals surface area contributed by atoms with Crippen LogP contribution in [-0.4, -0.2) is 50.1 Å². The molecule has 0 saturated carbocycles. The van der Waals surface area contributed by atoms with Crippen LogP contribution in [0.3, 0.4) is 0 Å². The molecule has 0 bridgehead atoms. The van der Waals surface area contributed by atoms with Crippen LogP contribution in [0.15, 0.2) is 60.7 Å². The first-order valence-electron chi connectivity index (χ1n) is 13.9. The molecule has 4 rings (SSSR count). The maximum atomic E-state index is 15.1. The zero-order chi connectivity index (χ0) is 30.6. The van der Waals surface area contributed by atoms with E-state index in [4.69, 9.17) is 0 Å². The molecule has 0 unspecified atom stereocenters. The molecule has 2 N–H and O–H groups in total. The number of sulfonamides is 1. The van der Waals surface area contributed by atoms with Gasteiger partial charge in [-0.2, -0.15) is 4.31 Å². The van der Waals surface area contributed by atoms with Gasteiger partial charge < -0.3 is 10.6 Å². The van der Waals surface area contributed by atoms with E-state index in [1.807, 2.05) is 6.92 Å². The lowest BCUT2D eigenvalue weighted by Gasteiger charge is -2.40. The smallest absolute Gasteiger partial charge is 0.228 e. The fraction of sp³-hybridized carbons (Fsp3) is 0.387. The topological polar surface area (TPSA) is 78.5 Å². The Morgan fingerprint density at radius 1 is 0.952 bits per heavy atom. The number of hydrogen-bond acceptors (Lipinski definition) is 4. The lowest BCUT2D eigenvalue weighted by atomic mass is 9.81. The number of carbonyl (C=O) groups is 1. The first kappa shape index (κ1) is 31.7. The summed E-state index contributed by atoms with van der Waals surface area (Å²) in [6.07, 6.45) is 2.27. The SMILES string of the molecule is CC[C@H]1CNC[C@H](CCc2c(F)cccc2NC(=O)[C@@H](C)[C@@H](c2ccc(F)cc2)c2cc(F)cc(F)c2)N1S(C)(=O)=O. The summed E-state index contributed by atoms with van der Waals surface area (Å²) >= 11 is 0. The van der Waals surface area contributed by atoms with Crippen LogP contribution in [0, 0.1) is 29.2 Å². The summed E-state index contributed by atoms with van der Waals surface area (Å²) in [4.78, 5) is 13.6. The molecule has 42 heavy (non-hydrogen) atoms. The monoisotopic (exact) mass is 605 g/mol. The van der Waals surface area contributed by atoms with Gasteiger partial charge in [-0.15, -0.1) is 0 Å². The first-order chi connectivity index (χ1) is 19.9. The van der Waals surface area contributed by atoms with E-state index in [0.29, 0.717) is 31.5 Å². The Bertz CT molecular complexity index is 1500. The molecule has 1 heterocycles. The molecule has 0 aliphatic carbocycles. The van der Waals surface area contributed by atoms with E-state index in [2.05, 4.69) is 10.6 Å². The molecule has 226 valence electrons. The molecule has 11 heteroatoms. The Balaban J connectivity index is 1.60. The van der Waals surface area contributed by atoms with Gasteiger partial charge in [-0.3, -0.25) is 4.79 Å². The second-order valence-electron chi connectivity index (χ2n) is 10.8. The van der Waals surface area contributed by atoms with Gasteiger partial charge >= 0.3 is 0 Å². The summed E-state index contributed by atoms with van der Waals surface area (Å²) in [7, 11) is -3.51. The Morgan fingerprint density at radius 3 is 2.21 bits per heavy atom. The van der Waals surface area contributed by atoms with Crippen molar-refractivity contribution in [2.45, 2.75) is 51.1 Å². The standard InChI is InChI=1S/C31H35F4N3O3S/c1-4-25-17-36-18-26(38(25)42(3,40)41)12-13-27-28(35)6-5-7-29(27)37-31(39)19(2)30(20-8-10-22(32)11-9-20)21-14-23(33)16-24(34)15-21/h5-11,14-16,19,25-26,30,36H,4,12-13,17-18H2,1-3H3,(H,37,39)/t19-,25-,26-,30-/m0/s1. The van der Waals surface area contributed by atoms with Crippen molar-refractivity contribution < 1.29 is 30.8 Å². The second kappa shape index (κ2) is 13.4. The van der Waals surface area contributed by atoms with Crippen molar-refractivity contribution in [3.05, 3.63) is 101 Å². The number of carbonyl (C=O) groups excluding carboxylic acids is 1. The summed E-state index contributed by atoms with van der Waals surface area (Å²) in [5, 5.41) is 6.03. The molecule has 0 spiro atoms. The first-order valence-corrected chi connectivity index (χ1v) is 15.7. The minimum atomic E-state index is -3.51. The van der Waals surface area contributed by atoms with E-state index in [9.17, 15) is 26.4 Å². The molecular formula is C31H35F4N3O3S. The van der Waals surface area contributed by atoms with Crippen molar-refractivity contribution in [2.24, 2.45) is 5.92 Å². The molecule has 1 fully saturated rings. The predicted molar refractivity (Wildman–Crippen MR) is 155 cm³/mol. The Hall–Kier alpha value is -3.28. The van der Waals surface area contributed by atoms with Crippen molar-refractivity contribution in [3.63, 3.8) is 0 Å². The number of piperazine rings is 1. The molecule has 1 saturated heterocycles. The van der Waals surface area contributed by atoms with Gasteiger partial charge in [0.15, 0.2) is 0 Å². The Morgan fingerprint density at radius 2 is 1.60 bits per heavy atom. The molecule has 0 radical (unpaired) electrons. The molecule has 3 aromatic rings. The van der Waals surface area contributed by atoms with Crippen LogP contribution < -0.4 is 10.6 Å². The van der Waals surface area contributed by atoms with E-state index >= 15 is 4.39 Å². The minimum Gasteiger partial charge on any atom is -0.325 e. The predicted octanol–water partition coefficient (Wildman–Crippen LogP) is 5.59. The Labute approximate surface area is 244 Å². The fourth-order valence-electron chi connectivity index (χ4n) is 5.82. The minimum absolute atomic E-state index is 0.155. The molecule has 1 aliphatic heterocycles. The number of halogens is 4. The maximum Gasteiger partial charge on any atom is 0.228 e. The van der Waals surface area contributed by atoms with Crippen molar-refractivity contribution in [1.82, 2.24) is 9.62 Å². The third-order valence-electron chi connectivity index (χ3n) is 7.82. The highest BCUT2D eigenvalue weighted by Gasteiger charge is 2.36. The van der Waals surface area contributed by atoms with Crippen LogP contribution in [0.5, 0.6) is 0 Å². The summed E-state index contributed by atoms with van der Waals surface area (Å²) in [6, 6.07) is 12.0. The number of nitrogens with one attached hydrogen (secondary N) is 2. The lowest BCUT2D eigenvalue weighted by molar-refractivity contribution is -0.119. The van der Waals surface area contributed by atoms with Gasteiger partial charge in [-0.1, -0.05) is 32.0 Å². The van der Waals surface area contributed by atoms with Gasteiger partial charge in [-0.25, -0.2) is 26.0 Å². The summed E-state index contributed by atoms with van der Waals surface area (Å²) in [5.41, 5.74) is 1.11. The van der Waals surface area contributed by atoms with E-state index < -0.39 is 57.1 Å². The summed E-state index contributed by atoms with van der Waals surface area (Å²) in [5.74, 6) is -4.96. The molecule has 6 nitrogen and oxygen atoms in total. The van der Waals surface area contributed by atoms with Gasteiger partial charge in [0.2, 0.25) is 15.9 Å². The maximum absolute atomic E-state index is 15.1. The number of rotatable bonds is 10. The molecule has 1 amide bonds. The number of hydrogen-bond donors (Lipinski definition) is 2. The number of anilines is 1. The molecular weight excluding hydrogens is 570 g/mol. The van der Waals surface area contributed by atoms with Crippen LogP contribution in [0.25, 0.3) is 0 Å². The van der Waals surface area contributed by atoms with Gasteiger partial charge in [0, 0.05) is 54.3 Å². The van der Waals surface area contributed by atoms with Crippen molar-refractivity contribution in [2.75, 3.05) is 24.7 Å². The number of amides is 1. The van der Waals surface area contributed by atoms with E-state index in [0.717, 1.165) is 18.2 Å². The number of nitrogens with zero attached hydrogens (tertiary/aromatic N) is 1. The fourth-order valence-corrected chi connectivity index (χ4v) is 7.31. The Kier molecular flexibility index (Phi) is 10.1. The van der Waals surface area contributed by atoms with Gasteiger partial charge in [0.25, 0.3) is 0 Å². The van der Waals surface area contributed by atoms with Crippen molar-refractivity contribution >= 4 is 21.6 Å². The normalized spacial score (nSPS) is 19.3. The number of benzene rings is 3. The van der Waals surface area contributed by atoms with Crippen LogP contribution in [-0.2, 0) is 21.2 Å². The zero-order valence-electron chi connectivity index (χ0n) is 23.7. The third kappa shape index (κ3) is 7.37. The van der Waals surface area contributed by atoms with Crippen molar-refractivity contribution in [1.29, 1.82) is 0 Å². The zero-order valence-corrected chi connectivity index (χ0v) is 24.5. The lowest BCUT2D eigenvalue weighted by Crippen LogP contribution is -2.58. The third-order valence-corrected chi connectivity index (χ3v) is 9.19. The second-order valence-corrected chi connectivity index (χ2v) is 12.7. The largest absolute Gasteiger partial charge is 0.325 e. The van der Waals surface area contributed by atoms with E-state index in [1.54, 1.807) is 13.0 Å². The highest BCUT2D eigenvalue weighted by molar-refractivity contribution is 7.88. The average Bonchev–Trinajstić information content (AvgIpc) is 2.92.